The molecule has 1 saturated heterocycles. The van der Waals surface area contributed by atoms with E-state index in [0.717, 1.165) is 5.69 Å². The highest BCUT2D eigenvalue weighted by molar-refractivity contribution is 6.31. The number of hydrogen-bond acceptors (Lipinski definition) is 5. The van der Waals surface area contributed by atoms with Crippen molar-refractivity contribution in [2.45, 2.75) is 20.3 Å². The lowest BCUT2D eigenvalue weighted by atomic mass is 10.1. The van der Waals surface area contributed by atoms with Crippen LogP contribution in [0.3, 0.4) is 0 Å². The van der Waals surface area contributed by atoms with Crippen molar-refractivity contribution in [3.05, 3.63) is 63.2 Å². The quantitative estimate of drug-likeness (QED) is 0.532. The van der Waals surface area contributed by atoms with Gasteiger partial charge in [-0.05, 0) is 30.2 Å². The number of amides is 2. The largest absolute Gasteiger partial charge is 0.366 e. The summed E-state index contributed by atoms with van der Waals surface area (Å²) < 4.78 is 0. The van der Waals surface area contributed by atoms with Crippen molar-refractivity contribution in [2.24, 2.45) is 5.92 Å². The minimum Gasteiger partial charge on any atom is -0.366 e. The predicted octanol–water partition coefficient (Wildman–Crippen LogP) is 4.20. The van der Waals surface area contributed by atoms with E-state index < -0.39 is 10.8 Å². The zero-order chi connectivity index (χ0) is 22.5. The number of carbonyl (C=O) groups excluding carboxylic acids is 2. The molecule has 2 aromatic carbocycles. The molecule has 0 spiro atoms. The highest BCUT2D eigenvalue weighted by Crippen LogP contribution is 2.31. The van der Waals surface area contributed by atoms with Crippen LogP contribution >= 0.6 is 11.6 Å². The van der Waals surface area contributed by atoms with Gasteiger partial charge in [0, 0.05) is 43.7 Å². The first-order valence-corrected chi connectivity index (χ1v) is 10.5. The number of nitrogens with zero attached hydrogens (tertiary/aromatic N) is 3. The first kappa shape index (κ1) is 22.6. The van der Waals surface area contributed by atoms with Crippen molar-refractivity contribution in [1.29, 1.82) is 0 Å². The molecule has 0 radical (unpaired) electrons. The molecule has 0 aliphatic carbocycles. The maximum atomic E-state index is 12.8. The first-order valence-electron chi connectivity index (χ1n) is 10.1. The summed E-state index contributed by atoms with van der Waals surface area (Å²) in [6.45, 7) is 6.44. The summed E-state index contributed by atoms with van der Waals surface area (Å²) in [5.74, 6) is -0.122. The lowest BCUT2D eigenvalue weighted by Gasteiger charge is -2.37. The normalized spacial score (nSPS) is 13.9. The molecule has 9 heteroatoms. The van der Waals surface area contributed by atoms with E-state index in [0.29, 0.717) is 49.2 Å². The third-order valence-corrected chi connectivity index (χ3v) is 5.34. The summed E-state index contributed by atoms with van der Waals surface area (Å²) >= 11 is 6.15. The Bertz CT molecular complexity index is 987. The fourth-order valence-electron chi connectivity index (χ4n) is 3.57. The van der Waals surface area contributed by atoms with E-state index in [1.165, 1.54) is 18.2 Å². The summed E-state index contributed by atoms with van der Waals surface area (Å²) in [6, 6.07) is 11.0. The van der Waals surface area contributed by atoms with Gasteiger partial charge in [0.1, 0.15) is 5.56 Å². The summed E-state index contributed by atoms with van der Waals surface area (Å²) in [6.07, 6.45) is 0.526. The van der Waals surface area contributed by atoms with Crippen molar-refractivity contribution in [2.75, 3.05) is 36.4 Å². The molecule has 0 unspecified atom stereocenters. The van der Waals surface area contributed by atoms with Gasteiger partial charge in [0.15, 0.2) is 0 Å². The Labute approximate surface area is 185 Å². The number of anilines is 2. The summed E-state index contributed by atoms with van der Waals surface area (Å²) in [4.78, 5) is 39.7. The first-order chi connectivity index (χ1) is 14.8. The van der Waals surface area contributed by atoms with Crippen LogP contribution in [0.1, 0.15) is 30.6 Å². The molecule has 1 N–H and O–H groups in total. The van der Waals surface area contributed by atoms with Gasteiger partial charge in [0.25, 0.3) is 11.6 Å². The molecule has 1 aliphatic rings. The third kappa shape index (κ3) is 5.52. The van der Waals surface area contributed by atoms with Crippen LogP contribution in [0, 0.1) is 16.0 Å². The molecule has 0 atom stereocenters. The minimum atomic E-state index is -0.582. The fourth-order valence-corrected chi connectivity index (χ4v) is 3.75. The monoisotopic (exact) mass is 444 g/mol. The highest BCUT2D eigenvalue weighted by atomic mass is 35.5. The molecular formula is C22H25ClN4O4. The number of piperazine rings is 1. The zero-order valence-electron chi connectivity index (χ0n) is 17.5. The van der Waals surface area contributed by atoms with Crippen molar-refractivity contribution >= 4 is 40.5 Å². The van der Waals surface area contributed by atoms with Crippen molar-refractivity contribution < 1.29 is 14.5 Å². The van der Waals surface area contributed by atoms with Crippen LogP contribution < -0.4 is 10.2 Å². The van der Waals surface area contributed by atoms with Crippen LogP contribution in [0.25, 0.3) is 0 Å². The number of carbonyl (C=O) groups is 2. The van der Waals surface area contributed by atoms with Crippen molar-refractivity contribution in [3.8, 4) is 0 Å². The maximum absolute atomic E-state index is 12.8. The summed E-state index contributed by atoms with van der Waals surface area (Å²) in [5.41, 5.74) is 0.938. The molecule has 31 heavy (non-hydrogen) atoms. The van der Waals surface area contributed by atoms with E-state index >= 15 is 0 Å². The second-order valence-corrected chi connectivity index (χ2v) is 8.29. The molecule has 0 saturated carbocycles. The van der Waals surface area contributed by atoms with E-state index in [9.17, 15) is 19.7 Å². The lowest BCUT2D eigenvalue weighted by Crippen LogP contribution is -2.49. The third-order valence-electron chi connectivity index (χ3n) is 5.11. The maximum Gasteiger partial charge on any atom is 0.282 e. The van der Waals surface area contributed by atoms with E-state index in [4.69, 9.17) is 11.6 Å². The predicted molar refractivity (Wildman–Crippen MR) is 121 cm³/mol. The summed E-state index contributed by atoms with van der Waals surface area (Å²) in [7, 11) is 0. The lowest BCUT2D eigenvalue weighted by molar-refractivity contribution is -0.385. The van der Waals surface area contributed by atoms with Crippen molar-refractivity contribution in [1.82, 2.24) is 4.90 Å². The van der Waals surface area contributed by atoms with E-state index in [1.54, 1.807) is 18.2 Å². The van der Waals surface area contributed by atoms with Crippen molar-refractivity contribution in [3.63, 3.8) is 0 Å². The van der Waals surface area contributed by atoms with Crippen LogP contribution in [0.15, 0.2) is 42.5 Å². The van der Waals surface area contributed by atoms with Gasteiger partial charge in [-0.25, -0.2) is 0 Å². The van der Waals surface area contributed by atoms with E-state index in [2.05, 4.69) is 10.2 Å². The topological polar surface area (TPSA) is 95.8 Å². The Balaban J connectivity index is 1.77. The second-order valence-electron chi connectivity index (χ2n) is 7.86. The Morgan fingerprint density at radius 1 is 1.13 bits per heavy atom. The molecule has 3 rings (SSSR count). The fraction of sp³-hybridized carbons (Fsp3) is 0.364. The molecular weight excluding hydrogens is 420 g/mol. The van der Waals surface area contributed by atoms with Gasteiger partial charge >= 0.3 is 0 Å². The van der Waals surface area contributed by atoms with Crippen LogP contribution in [0.4, 0.5) is 17.1 Å². The summed E-state index contributed by atoms with van der Waals surface area (Å²) in [5, 5.41) is 14.5. The number of nitro benzene ring substituents is 1. The molecule has 1 aliphatic heterocycles. The van der Waals surface area contributed by atoms with Gasteiger partial charge in [0.05, 0.1) is 16.3 Å². The van der Waals surface area contributed by atoms with Gasteiger partial charge in [0.2, 0.25) is 5.91 Å². The molecule has 1 fully saturated rings. The average Bonchev–Trinajstić information content (AvgIpc) is 2.73. The van der Waals surface area contributed by atoms with Crippen LogP contribution in [-0.2, 0) is 4.79 Å². The number of benzene rings is 2. The number of halogens is 1. The van der Waals surface area contributed by atoms with Gasteiger partial charge in [-0.3, -0.25) is 19.7 Å². The minimum absolute atomic E-state index is 0.0254. The SMILES string of the molecule is CC(C)CC(=O)N1CCN(c2ccc(Cl)cc2NC(=O)c2ccccc2[N+](=O)[O-])CC1. The molecule has 2 amide bonds. The Morgan fingerprint density at radius 2 is 1.81 bits per heavy atom. The molecule has 2 aromatic rings. The zero-order valence-corrected chi connectivity index (χ0v) is 18.3. The van der Waals surface area contributed by atoms with Gasteiger partial charge in [-0.15, -0.1) is 0 Å². The number of nitro groups is 1. The molecule has 164 valence electrons. The van der Waals surface area contributed by atoms with Gasteiger partial charge in [-0.1, -0.05) is 37.6 Å². The smallest absolute Gasteiger partial charge is 0.282 e. The Hall–Kier alpha value is -3.13. The molecule has 8 nitrogen and oxygen atoms in total. The number of nitrogens with one attached hydrogen (secondary N) is 1. The highest BCUT2D eigenvalue weighted by Gasteiger charge is 2.25. The number of rotatable bonds is 6. The van der Waals surface area contributed by atoms with Crippen LogP contribution in [-0.4, -0.2) is 47.8 Å². The Kier molecular flexibility index (Phi) is 7.12. The van der Waals surface area contributed by atoms with E-state index in [1.807, 2.05) is 24.8 Å². The number of hydrogen-bond donors (Lipinski definition) is 1. The molecule has 1 heterocycles. The second kappa shape index (κ2) is 9.78. The molecule has 0 aromatic heterocycles. The number of para-hydroxylation sites is 1. The van der Waals surface area contributed by atoms with Gasteiger partial charge < -0.3 is 15.1 Å². The Morgan fingerprint density at radius 3 is 2.45 bits per heavy atom. The van der Waals surface area contributed by atoms with Crippen LogP contribution in [0.2, 0.25) is 5.02 Å². The van der Waals surface area contributed by atoms with Gasteiger partial charge in [-0.2, -0.15) is 0 Å². The van der Waals surface area contributed by atoms with E-state index in [-0.39, 0.29) is 17.2 Å². The van der Waals surface area contributed by atoms with Crippen LogP contribution in [0.5, 0.6) is 0 Å². The standard InChI is InChI=1S/C22H25ClN4O4/c1-15(2)13-21(28)26-11-9-25(10-12-26)20-8-7-16(23)14-18(20)24-22(29)17-5-3-4-6-19(17)27(30)31/h3-8,14-15H,9-13H2,1-2H3,(H,24,29). The molecule has 0 bridgehead atoms. The average molecular weight is 445 g/mol.